The van der Waals surface area contributed by atoms with E-state index >= 15 is 0 Å². The Balaban J connectivity index is 2.14. The van der Waals surface area contributed by atoms with E-state index in [1.165, 1.54) is 18.2 Å². The first-order chi connectivity index (χ1) is 8.56. The molecule has 0 amide bonds. The summed E-state index contributed by atoms with van der Waals surface area (Å²) in [6.07, 6.45) is 0. The molecule has 0 unspecified atom stereocenters. The molecule has 0 fully saturated rings. The lowest BCUT2D eigenvalue weighted by molar-refractivity contribution is 0.580. The molecular formula is C14H12F3N. The molecule has 0 aliphatic rings. The lowest BCUT2D eigenvalue weighted by Gasteiger charge is -2.10. The van der Waals surface area contributed by atoms with E-state index in [0.717, 1.165) is 6.07 Å². The minimum Gasteiger partial charge on any atom is -0.381 e. The van der Waals surface area contributed by atoms with Crippen LogP contribution >= 0.6 is 0 Å². The molecule has 0 bridgehead atoms. The lowest BCUT2D eigenvalue weighted by Crippen LogP contribution is -2.02. The third kappa shape index (κ3) is 2.83. The highest BCUT2D eigenvalue weighted by Crippen LogP contribution is 2.18. The molecule has 0 radical (unpaired) electrons. The Morgan fingerprint density at radius 2 is 1.67 bits per heavy atom. The molecule has 0 aromatic heterocycles. The molecule has 1 nitrogen and oxygen atoms in total. The summed E-state index contributed by atoms with van der Waals surface area (Å²) in [5.41, 5.74) is 1.56. The average Bonchev–Trinajstić information content (AvgIpc) is 2.30. The van der Waals surface area contributed by atoms with Gasteiger partial charge in [-0.1, -0.05) is 6.07 Å². The van der Waals surface area contributed by atoms with Crippen LogP contribution in [0.5, 0.6) is 0 Å². The number of anilines is 1. The van der Waals surface area contributed by atoms with E-state index in [9.17, 15) is 13.2 Å². The third-order valence-corrected chi connectivity index (χ3v) is 2.67. The van der Waals surface area contributed by atoms with Crippen LogP contribution in [0.25, 0.3) is 0 Å². The van der Waals surface area contributed by atoms with Crippen LogP contribution in [0.15, 0.2) is 36.4 Å². The summed E-state index contributed by atoms with van der Waals surface area (Å²) in [4.78, 5) is 0. The largest absolute Gasteiger partial charge is 0.381 e. The number of rotatable bonds is 3. The summed E-state index contributed by atoms with van der Waals surface area (Å²) in [5.74, 6) is -1.56. The van der Waals surface area contributed by atoms with Crippen LogP contribution < -0.4 is 5.32 Å². The van der Waals surface area contributed by atoms with Crippen molar-refractivity contribution in [2.24, 2.45) is 0 Å². The summed E-state index contributed by atoms with van der Waals surface area (Å²) in [5, 5.41) is 2.95. The van der Waals surface area contributed by atoms with E-state index < -0.39 is 11.6 Å². The Labute approximate surface area is 103 Å². The Bertz CT molecular complexity index is 547. The van der Waals surface area contributed by atoms with Gasteiger partial charge < -0.3 is 5.32 Å². The number of nitrogens with one attached hydrogen (secondary N) is 1. The standard InChI is InChI=1S/C14H12F3N/c1-9-13(17)3-2-4-14(9)18-8-10-5-11(15)7-12(16)6-10/h2-7,18H,8H2,1H3. The summed E-state index contributed by atoms with van der Waals surface area (Å²) in [6.45, 7) is 1.88. The zero-order chi connectivity index (χ0) is 13.1. The highest BCUT2D eigenvalue weighted by Gasteiger charge is 2.04. The SMILES string of the molecule is Cc1c(F)cccc1NCc1cc(F)cc(F)c1. The maximum absolute atomic E-state index is 13.3. The maximum Gasteiger partial charge on any atom is 0.128 e. The van der Waals surface area contributed by atoms with Crippen molar-refractivity contribution >= 4 is 5.69 Å². The van der Waals surface area contributed by atoms with Crippen molar-refractivity contribution in [2.45, 2.75) is 13.5 Å². The van der Waals surface area contributed by atoms with E-state index in [1.54, 1.807) is 19.1 Å². The summed E-state index contributed by atoms with van der Waals surface area (Å²) in [7, 11) is 0. The predicted octanol–water partition coefficient (Wildman–Crippen LogP) is 4.02. The minimum absolute atomic E-state index is 0.235. The summed E-state index contributed by atoms with van der Waals surface area (Å²) in [6, 6.07) is 7.96. The van der Waals surface area contributed by atoms with Gasteiger partial charge in [-0.3, -0.25) is 0 Å². The van der Waals surface area contributed by atoms with E-state index in [-0.39, 0.29) is 12.4 Å². The van der Waals surface area contributed by atoms with Crippen molar-refractivity contribution in [3.63, 3.8) is 0 Å². The smallest absolute Gasteiger partial charge is 0.128 e. The Morgan fingerprint density at radius 3 is 2.33 bits per heavy atom. The fourth-order valence-corrected chi connectivity index (χ4v) is 1.71. The molecule has 0 aliphatic carbocycles. The maximum atomic E-state index is 13.3. The van der Waals surface area contributed by atoms with Gasteiger partial charge in [0.2, 0.25) is 0 Å². The second-order valence-corrected chi connectivity index (χ2v) is 4.04. The van der Waals surface area contributed by atoms with Gasteiger partial charge in [0.15, 0.2) is 0 Å². The molecule has 1 N–H and O–H groups in total. The highest BCUT2D eigenvalue weighted by atomic mass is 19.1. The molecule has 94 valence electrons. The molecule has 2 aromatic rings. The molecule has 18 heavy (non-hydrogen) atoms. The monoisotopic (exact) mass is 251 g/mol. The number of benzene rings is 2. The van der Waals surface area contributed by atoms with Gasteiger partial charge in [0.1, 0.15) is 17.5 Å². The van der Waals surface area contributed by atoms with E-state index in [4.69, 9.17) is 0 Å². The zero-order valence-electron chi connectivity index (χ0n) is 9.81. The topological polar surface area (TPSA) is 12.0 Å². The molecule has 0 spiro atoms. The number of halogens is 3. The van der Waals surface area contributed by atoms with Gasteiger partial charge in [-0.2, -0.15) is 0 Å². The normalized spacial score (nSPS) is 10.4. The fraction of sp³-hybridized carbons (Fsp3) is 0.143. The van der Waals surface area contributed by atoms with Gasteiger partial charge >= 0.3 is 0 Å². The number of hydrogen-bond acceptors (Lipinski definition) is 1. The Kier molecular flexibility index (Phi) is 3.55. The fourth-order valence-electron chi connectivity index (χ4n) is 1.71. The molecule has 2 aromatic carbocycles. The van der Waals surface area contributed by atoms with Crippen molar-refractivity contribution in [2.75, 3.05) is 5.32 Å². The first-order valence-corrected chi connectivity index (χ1v) is 5.50. The predicted molar refractivity (Wildman–Crippen MR) is 64.8 cm³/mol. The van der Waals surface area contributed by atoms with Crippen LogP contribution in [0.4, 0.5) is 18.9 Å². The Morgan fingerprint density at radius 1 is 1.00 bits per heavy atom. The van der Waals surface area contributed by atoms with Crippen LogP contribution in [0, 0.1) is 24.4 Å². The van der Waals surface area contributed by atoms with Gasteiger partial charge in [-0.25, -0.2) is 13.2 Å². The Hall–Kier alpha value is -1.97. The van der Waals surface area contributed by atoms with Gasteiger partial charge in [0, 0.05) is 23.9 Å². The van der Waals surface area contributed by atoms with Crippen LogP contribution in [-0.4, -0.2) is 0 Å². The lowest BCUT2D eigenvalue weighted by atomic mass is 10.1. The van der Waals surface area contributed by atoms with E-state index in [0.29, 0.717) is 16.8 Å². The van der Waals surface area contributed by atoms with Gasteiger partial charge in [0.25, 0.3) is 0 Å². The van der Waals surface area contributed by atoms with Crippen molar-refractivity contribution in [3.8, 4) is 0 Å². The van der Waals surface area contributed by atoms with E-state index in [1.807, 2.05) is 0 Å². The first kappa shape index (κ1) is 12.5. The quantitative estimate of drug-likeness (QED) is 0.868. The molecule has 0 saturated heterocycles. The van der Waals surface area contributed by atoms with Gasteiger partial charge in [0.05, 0.1) is 0 Å². The zero-order valence-corrected chi connectivity index (χ0v) is 9.81. The summed E-state index contributed by atoms with van der Waals surface area (Å²) < 4.78 is 39.2. The van der Waals surface area contributed by atoms with Crippen LogP contribution in [0.3, 0.4) is 0 Å². The summed E-state index contributed by atoms with van der Waals surface area (Å²) >= 11 is 0. The molecule has 0 aliphatic heterocycles. The molecule has 0 heterocycles. The van der Waals surface area contributed by atoms with Crippen molar-refractivity contribution in [1.29, 1.82) is 0 Å². The molecule has 0 atom stereocenters. The molecule has 0 saturated carbocycles. The number of hydrogen-bond donors (Lipinski definition) is 1. The highest BCUT2D eigenvalue weighted by molar-refractivity contribution is 5.51. The molecule has 4 heteroatoms. The van der Waals surface area contributed by atoms with Crippen LogP contribution in [0.1, 0.15) is 11.1 Å². The van der Waals surface area contributed by atoms with Gasteiger partial charge in [-0.05, 0) is 36.8 Å². The molecular weight excluding hydrogens is 239 g/mol. The van der Waals surface area contributed by atoms with Gasteiger partial charge in [-0.15, -0.1) is 0 Å². The van der Waals surface area contributed by atoms with Crippen molar-refractivity contribution in [1.82, 2.24) is 0 Å². The second kappa shape index (κ2) is 5.12. The van der Waals surface area contributed by atoms with Crippen LogP contribution in [-0.2, 0) is 6.54 Å². The van der Waals surface area contributed by atoms with E-state index in [2.05, 4.69) is 5.32 Å². The second-order valence-electron chi connectivity index (χ2n) is 4.04. The third-order valence-electron chi connectivity index (χ3n) is 2.67. The first-order valence-electron chi connectivity index (χ1n) is 5.50. The minimum atomic E-state index is -0.622. The van der Waals surface area contributed by atoms with Crippen molar-refractivity contribution in [3.05, 3.63) is 65.0 Å². The van der Waals surface area contributed by atoms with Crippen LogP contribution in [0.2, 0.25) is 0 Å². The molecule has 2 rings (SSSR count). The average molecular weight is 251 g/mol. The van der Waals surface area contributed by atoms with Crippen molar-refractivity contribution < 1.29 is 13.2 Å².